The molecule has 0 saturated carbocycles. The molecule has 4 aromatic rings. The highest BCUT2D eigenvalue weighted by atomic mass is 79.9. The number of hydrogen-bond acceptors (Lipinski definition) is 5. The Kier molecular flexibility index (Phi) is 6.57. The summed E-state index contributed by atoms with van der Waals surface area (Å²) in [7, 11) is 0. The number of hydrogen-bond donors (Lipinski definition) is 1. The van der Waals surface area contributed by atoms with Gasteiger partial charge in [0, 0.05) is 28.3 Å². The lowest BCUT2D eigenvalue weighted by Gasteiger charge is -2.29. The normalized spacial score (nSPS) is 16.2. The van der Waals surface area contributed by atoms with Crippen LogP contribution < -0.4 is 10.1 Å². The lowest BCUT2D eigenvalue weighted by molar-refractivity contribution is -0.138. The summed E-state index contributed by atoms with van der Waals surface area (Å²) in [5.41, 5.74) is 5.79. The maximum atomic E-state index is 13.7. The smallest absolute Gasteiger partial charge is 0.336 e. The molecule has 1 aliphatic carbocycles. The molecule has 1 heterocycles. The van der Waals surface area contributed by atoms with Crippen LogP contribution in [0.1, 0.15) is 46.8 Å². The molecule has 0 saturated heterocycles. The summed E-state index contributed by atoms with van der Waals surface area (Å²) in [6.45, 7) is 4.28. The second-order valence-electron chi connectivity index (χ2n) is 9.60. The van der Waals surface area contributed by atoms with Crippen LogP contribution in [0.4, 0.5) is 0 Å². The molecule has 0 aromatic heterocycles. The fourth-order valence-electron chi connectivity index (χ4n) is 5.53. The Morgan fingerprint density at radius 1 is 0.949 bits per heavy atom. The van der Waals surface area contributed by atoms with Gasteiger partial charge in [-0.1, -0.05) is 72.8 Å². The van der Waals surface area contributed by atoms with Crippen molar-refractivity contribution in [1.29, 1.82) is 0 Å². The predicted molar refractivity (Wildman–Crippen MR) is 155 cm³/mol. The van der Waals surface area contributed by atoms with Gasteiger partial charge in [-0.15, -0.1) is 0 Å². The van der Waals surface area contributed by atoms with Crippen LogP contribution in [0.2, 0.25) is 0 Å². The molecule has 5 nitrogen and oxygen atoms in total. The quantitative estimate of drug-likeness (QED) is 0.242. The van der Waals surface area contributed by atoms with E-state index in [1.165, 1.54) is 5.39 Å². The lowest BCUT2D eigenvalue weighted by atomic mass is 9.80. The summed E-state index contributed by atoms with van der Waals surface area (Å²) in [6, 6.07) is 27.7. The summed E-state index contributed by atoms with van der Waals surface area (Å²) < 4.78 is 12.4. The Bertz CT molecular complexity index is 1710. The molecule has 1 aliphatic heterocycles. The Labute approximate surface area is 235 Å². The van der Waals surface area contributed by atoms with Crippen molar-refractivity contribution in [3.63, 3.8) is 0 Å². The van der Waals surface area contributed by atoms with E-state index in [0.717, 1.165) is 32.2 Å². The zero-order valence-electron chi connectivity index (χ0n) is 21.6. The average Bonchev–Trinajstić information content (AvgIpc) is 3.23. The van der Waals surface area contributed by atoms with Crippen LogP contribution in [0.5, 0.6) is 5.75 Å². The van der Waals surface area contributed by atoms with Crippen LogP contribution in [0.15, 0.2) is 106 Å². The summed E-state index contributed by atoms with van der Waals surface area (Å²) in [5.74, 6) is -0.423. The van der Waals surface area contributed by atoms with E-state index in [2.05, 4.69) is 45.5 Å². The van der Waals surface area contributed by atoms with Crippen LogP contribution in [0.3, 0.4) is 0 Å². The second-order valence-corrected chi connectivity index (χ2v) is 10.5. The fraction of sp³-hybridized carbons (Fsp3) is 0.152. The molecule has 1 atom stereocenters. The molecule has 0 bridgehead atoms. The summed E-state index contributed by atoms with van der Waals surface area (Å²) in [4.78, 5) is 26.8. The third-order valence-corrected chi connectivity index (χ3v) is 7.92. The Morgan fingerprint density at radius 3 is 2.49 bits per heavy atom. The largest absolute Gasteiger partial charge is 0.488 e. The van der Waals surface area contributed by atoms with E-state index in [9.17, 15) is 9.59 Å². The van der Waals surface area contributed by atoms with Crippen LogP contribution >= 0.6 is 15.9 Å². The SMILES string of the molecule is CCOC(=O)C1=C(C)NC2=C(C(=O)c3ccccc32)[C@@H]1c1ccc(OCc2cccc3ccccc23)c(Br)c1. The van der Waals surface area contributed by atoms with Crippen molar-refractivity contribution in [2.45, 2.75) is 26.4 Å². The van der Waals surface area contributed by atoms with Crippen molar-refractivity contribution in [1.82, 2.24) is 5.32 Å². The van der Waals surface area contributed by atoms with Gasteiger partial charge in [0.05, 0.1) is 22.3 Å². The number of dihydropyridines is 1. The molecule has 6 heteroatoms. The van der Waals surface area contributed by atoms with E-state index in [1.807, 2.05) is 67.6 Å². The Morgan fingerprint density at radius 2 is 1.69 bits per heavy atom. The Balaban J connectivity index is 1.37. The highest BCUT2D eigenvalue weighted by Gasteiger charge is 2.43. The average molecular weight is 580 g/mol. The van der Waals surface area contributed by atoms with E-state index < -0.39 is 11.9 Å². The van der Waals surface area contributed by atoms with Gasteiger partial charge in [0.1, 0.15) is 12.4 Å². The number of rotatable bonds is 6. The summed E-state index contributed by atoms with van der Waals surface area (Å²) in [5, 5.41) is 5.65. The lowest BCUT2D eigenvalue weighted by Crippen LogP contribution is -2.29. The number of nitrogens with one attached hydrogen (secondary N) is 1. The summed E-state index contributed by atoms with van der Waals surface area (Å²) in [6.07, 6.45) is 0. The zero-order valence-corrected chi connectivity index (χ0v) is 23.2. The molecule has 0 unspecified atom stereocenters. The van der Waals surface area contributed by atoms with E-state index in [1.54, 1.807) is 6.92 Å². The third kappa shape index (κ3) is 4.35. The van der Waals surface area contributed by atoms with Crippen molar-refractivity contribution in [3.05, 3.63) is 128 Å². The van der Waals surface area contributed by atoms with Gasteiger partial charge in [0.25, 0.3) is 0 Å². The standard InChI is InChI=1S/C33H26BrNO4/c1-3-38-33(37)28-19(2)35-31-24-13-6-7-14-25(24)32(36)30(31)29(28)21-15-16-27(26(34)17-21)39-18-22-11-8-10-20-9-4-5-12-23(20)22/h4-17,29,35H,3,18H2,1-2H3/t29-/m1/s1. The zero-order chi connectivity index (χ0) is 27.1. The molecule has 39 heavy (non-hydrogen) atoms. The number of benzene rings is 4. The van der Waals surface area contributed by atoms with Crippen molar-refractivity contribution < 1.29 is 19.1 Å². The van der Waals surface area contributed by atoms with E-state index >= 15 is 0 Å². The minimum atomic E-state index is -0.580. The van der Waals surface area contributed by atoms with Crippen molar-refractivity contribution in [3.8, 4) is 5.75 Å². The number of ether oxygens (including phenoxy) is 2. The maximum Gasteiger partial charge on any atom is 0.336 e. The Hall–Kier alpha value is -4.16. The van der Waals surface area contributed by atoms with Gasteiger partial charge in [0.2, 0.25) is 0 Å². The number of carbonyl (C=O) groups excluding carboxylic acids is 2. The van der Waals surface area contributed by atoms with Gasteiger partial charge in [-0.3, -0.25) is 4.79 Å². The molecule has 0 amide bonds. The van der Waals surface area contributed by atoms with E-state index in [-0.39, 0.29) is 12.4 Å². The fourth-order valence-corrected chi connectivity index (χ4v) is 6.04. The number of Topliss-reactive ketones (excluding diaryl/α,β-unsaturated/α-hetero) is 1. The molecule has 4 aromatic carbocycles. The molecular formula is C33H26BrNO4. The van der Waals surface area contributed by atoms with Crippen molar-refractivity contribution in [2.24, 2.45) is 0 Å². The van der Waals surface area contributed by atoms with Crippen LogP contribution in [-0.2, 0) is 16.1 Å². The molecule has 2 aliphatic rings. The van der Waals surface area contributed by atoms with Crippen molar-refractivity contribution in [2.75, 3.05) is 6.61 Å². The molecule has 1 N–H and O–H groups in total. The number of halogens is 1. The van der Waals surface area contributed by atoms with Gasteiger partial charge in [0.15, 0.2) is 5.78 Å². The minimum absolute atomic E-state index is 0.0835. The highest BCUT2D eigenvalue weighted by molar-refractivity contribution is 9.10. The van der Waals surface area contributed by atoms with E-state index in [0.29, 0.717) is 34.8 Å². The van der Waals surface area contributed by atoms with Gasteiger partial charge >= 0.3 is 5.97 Å². The van der Waals surface area contributed by atoms with Crippen LogP contribution in [-0.4, -0.2) is 18.4 Å². The minimum Gasteiger partial charge on any atom is -0.488 e. The van der Waals surface area contributed by atoms with Crippen molar-refractivity contribution >= 4 is 44.2 Å². The van der Waals surface area contributed by atoms with Crippen LogP contribution in [0, 0.1) is 0 Å². The van der Waals surface area contributed by atoms with E-state index in [4.69, 9.17) is 9.47 Å². The monoisotopic (exact) mass is 579 g/mol. The topological polar surface area (TPSA) is 64.6 Å². The summed E-state index contributed by atoms with van der Waals surface area (Å²) >= 11 is 3.68. The number of ketones is 1. The molecule has 194 valence electrons. The first-order valence-corrected chi connectivity index (χ1v) is 13.7. The number of allylic oxidation sites excluding steroid dienone is 2. The van der Waals surface area contributed by atoms with Gasteiger partial charge in [-0.25, -0.2) is 4.79 Å². The molecule has 6 rings (SSSR count). The second kappa shape index (κ2) is 10.2. The molecular weight excluding hydrogens is 554 g/mol. The first kappa shape index (κ1) is 25.1. The molecule has 0 fully saturated rings. The van der Waals surface area contributed by atoms with Gasteiger partial charge in [-0.2, -0.15) is 0 Å². The molecule has 0 radical (unpaired) electrons. The highest BCUT2D eigenvalue weighted by Crippen LogP contribution is 2.47. The first-order valence-electron chi connectivity index (χ1n) is 12.9. The maximum absolute atomic E-state index is 13.7. The number of esters is 1. The number of fused-ring (bicyclic) bond motifs is 3. The van der Waals surface area contributed by atoms with Crippen LogP contribution in [0.25, 0.3) is 16.5 Å². The third-order valence-electron chi connectivity index (χ3n) is 7.30. The molecule has 0 spiro atoms. The van der Waals surface area contributed by atoms with Gasteiger partial charge < -0.3 is 14.8 Å². The number of carbonyl (C=O) groups is 2. The first-order chi connectivity index (χ1) is 19.0. The van der Waals surface area contributed by atoms with Gasteiger partial charge in [-0.05, 0) is 63.8 Å². The predicted octanol–water partition coefficient (Wildman–Crippen LogP) is 7.31.